The van der Waals surface area contributed by atoms with Gasteiger partial charge in [-0.3, -0.25) is 4.79 Å². The molecule has 1 fully saturated rings. The highest BCUT2D eigenvalue weighted by molar-refractivity contribution is 5.94. The highest BCUT2D eigenvalue weighted by Crippen LogP contribution is 2.44. The summed E-state index contributed by atoms with van der Waals surface area (Å²) in [5.41, 5.74) is 3.13. The van der Waals surface area contributed by atoms with E-state index in [2.05, 4.69) is 47.2 Å². The van der Waals surface area contributed by atoms with Gasteiger partial charge < -0.3 is 19.9 Å². The fourth-order valence-corrected chi connectivity index (χ4v) is 4.74. The van der Waals surface area contributed by atoms with Crippen LogP contribution in [0.3, 0.4) is 0 Å². The topological polar surface area (TPSA) is 57.7 Å². The fraction of sp³-hybridized carbons (Fsp3) is 0.478. The number of rotatable bonds is 4. The first-order chi connectivity index (χ1) is 14.5. The molecule has 160 valence electrons. The second kappa shape index (κ2) is 8.60. The number of morpholine rings is 1. The Morgan fingerprint density at radius 1 is 1.27 bits per heavy atom. The Kier molecular flexibility index (Phi) is 5.90. The molecular weight excluding hydrogens is 383 g/mol. The van der Waals surface area contributed by atoms with Gasteiger partial charge in [-0.1, -0.05) is 13.8 Å². The number of hydrogen-bond acceptors (Lipinski definition) is 5. The van der Waals surface area contributed by atoms with Crippen LogP contribution in [0.1, 0.15) is 38.8 Å². The quantitative estimate of drug-likeness (QED) is 0.823. The van der Waals surface area contributed by atoms with Crippen molar-refractivity contribution in [2.45, 2.75) is 39.3 Å². The maximum atomic E-state index is 13.3. The van der Waals surface area contributed by atoms with Crippen molar-refractivity contribution in [2.75, 3.05) is 41.4 Å². The summed E-state index contributed by atoms with van der Waals surface area (Å²) in [5, 5.41) is 3.51. The number of pyridine rings is 1. The van der Waals surface area contributed by atoms with E-state index in [1.165, 1.54) is 12.3 Å². The van der Waals surface area contributed by atoms with Crippen molar-refractivity contribution in [1.82, 2.24) is 4.98 Å². The van der Waals surface area contributed by atoms with E-state index in [0.29, 0.717) is 19.0 Å². The first-order valence-electron chi connectivity index (χ1n) is 10.6. The van der Waals surface area contributed by atoms with Gasteiger partial charge in [-0.2, -0.15) is 0 Å². The Morgan fingerprint density at radius 3 is 2.67 bits per heavy atom. The number of fused-ring (bicyclic) bond motifs is 1. The third kappa shape index (κ3) is 3.86. The standard InChI is InChI=1S/C23H29FN4O2/c1-4-20-15(2)23(26-22-8-5-17(24)14-25-22)19-13-18(27-9-11-30-12-10-27)6-7-21(19)28(20)16(3)29/h5-8,13-15,20,23H,4,9-12H2,1-3H3,(H,25,26)/t15-,20-,23+/m0/s1. The van der Waals surface area contributed by atoms with Gasteiger partial charge in [0.05, 0.1) is 25.5 Å². The Bertz CT molecular complexity index is 899. The summed E-state index contributed by atoms with van der Waals surface area (Å²) >= 11 is 0. The molecule has 0 spiro atoms. The average Bonchev–Trinajstić information content (AvgIpc) is 2.76. The maximum Gasteiger partial charge on any atom is 0.224 e. The molecule has 0 unspecified atom stereocenters. The molecule has 0 saturated carbocycles. The molecule has 1 aromatic heterocycles. The summed E-state index contributed by atoms with van der Waals surface area (Å²) in [4.78, 5) is 21.0. The summed E-state index contributed by atoms with van der Waals surface area (Å²) in [6.07, 6.45) is 2.07. The van der Waals surface area contributed by atoms with Crippen LogP contribution in [-0.2, 0) is 9.53 Å². The summed E-state index contributed by atoms with van der Waals surface area (Å²) in [5.74, 6) is 0.467. The lowest BCUT2D eigenvalue weighted by Gasteiger charge is -2.45. The van der Waals surface area contributed by atoms with E-state index in [4.69, 9.17) is 4.74 Å². The molecule has 3 heterocycles. The molecule has 3 atom stereocenters. The molecule has 1 N–H and O–H groups in total. The number of nitrogens with one attached hydrogen (secondary N) is 1. The van der Waals surface area contributed by atoms with Crippen molar-refractivity contribution in [1.29, 1.82) is 0 Å². The predicted molar refractivity (Wildman–Crippen MR) is 116 cm³/mol. The van der Waals surface area contributed by atoms with Gasteiger partial charge >= 0.3 is 0 Å². The lowest BCUT2D eigenvalue weighted by atomic mass is 9.80. The largest absolute Gasteiger partial charge is 0.378 e. The first-order valence-corrected chi connectivity index (χ1v) is 10.6. The number of ether oxygens (including phenoxy) is 1. The zero-order chi connectivity index (χ0) is 21.3. The van der Waals surface area contributed by atoms with Gasteiger partial charge in [0.2, 0.25) is 5.91 Å². The van der Waals surface area contributed by atoms with E-state index in [-0.39, 0.29) is 29.7 Å². The van der Waals surface area contributed by atoms with E-state index in [9.17, 15) is 9.18 Å². The molecule has 0 radical (unpaired) electrons. The van der Waals surface area contributed by atoms with Crippen LogP contribution in [0, 0.1) is 11.7 Å². The average molecular weight is 413 g/mol. The molecule has 1 amide bonds. The minimum absolute atomic E-state index is 0.0421. The smallest absolute Gasteiger partial charge is 0.224 e. The number of nitrogens with zero attached hydrogens (tertiary/aromatic N) is 3. The van der Waals surface area contributed by atoms with E-state index < -0.39 is 0 Å². The fourth-order valence-electron chi connectivity index (χ4n) is 4.74. The summed E-state index contributed by atoms with van der Waals surface area (Å²) in [6, 6.07) is 9.43. The molecule has 2 aliphatic rings. The van der Waals surface area contributed by atoms with Crippen LogP contribution in [0.15, 0.2) is 36.5 Å². The number of halogens is 1. The molecule has 2 aromatic rings. The number of anilines is 3. The lowest BCUT2D eigenvalue weighted by Crippen LogP contribution is -2.49. The summed E-state index contributed by atoms with van der Waals surface area (Å²) in [7, 11) is 0. The lowest BCUT2D eigenvalue weighted by molar-refractivity contribution is -0.117. The van der Waals surface area contributed by atoms with Crippen molar-refractivity contribution in [3.05, 3.63) is 47.9 Å². The number of hydrogen-bond donors (Lipinski definition) is 1. The van der Waals surface area contributed by atoms with Crippen molar-refractivity contribution in [2.24, 2.45) is 5.92 Å². The molecule has 0 aliphatic carbocycles. The van der Waals surface area contributed by atoms with Gasteiger partial charge in [-0.05, 0) is 36.8 Å². The van der Waals surface area contributed by atoms with E-state index in [1.807, 2.05) is 4.90 Å². The normalized spacial score (nSPS) is 23.8. The van der Waals surface area contributed by atoms with Crippen molar-refractivity contribution in [3.8, 4) is 0 Å². The zero-order valence-corrected chi connectivity index (χ0v) is 17.8. The highest BCUT2D eigenvalue weighted by atomic mass is 19.1. The van der Waals surface area contributed by atoms with Gasteiger partial charge in [0.25, 0.3) is 0 Å². The van der Waals surface area contributed by atoms with Crippen LogP contribution in [0.5, 0.6) is 0 Å². The monoisotopic (exact) mass is 412 g/mol. The molecule has 7 heteroatoms. The predicted octanol–water partition coefficient (Wildman–Crippen LogP) is 3.99. The van der Waals surface area contributed by atoms with E-state index >= 15 is 0 Å². The number of amides is 1. The first kappa shape index (κ1) is 20.6. The minimum atomic E-state index is -0.360. The molecule has 6 nitrogen and oxygen atoms in total. The van der Waals surface area contributed by atoms with Gasteiger partial charge in [0.15, 0.2) is 0 Å². The van der Waals surface area contributed by atoms with Gasteiger partial charge in [0, 0.05) is 48.9 Å². The molecule has 1 saturated heterocycles. The third-order valence-electron chi connectivity index (χ3n) is 6.23. The molecule has 4 rings (SSSR count). The summed E-state index contributed by atoms with van der Waals surface area (Å²) in [6.45, 7) is 9.02. The Hall–Kier alpha value is -2.67. The second-order valence-electron chi connectivity index (χ2n) is 8.05. The van der Waals surface area contributed by atoms with E-state index in [0.717, 1.165) is 36.4 Å². The Morgan fingerprint density at radius 2 is 2.03 bits per heavy atom. The van der Waals surface area contributed by atoms with Crippen LogP contribution in [-0.4, -0.2) is 43.2 Å². The summed E-state index contributed by atoms with van der Waals surface area (Å²) < 4.78 is 18.8. The third-order valence-corrected chi connectivity index (χ3v) is 6.23. The van der Waals surface area contributed by atoms with Crippen LogP contribution in [0.25, 0.3) is 0 Å². The second-order valence-corrected chi connectivity index (χ2v) is 8.05. The zero-order valence-electron chi connectivity index (χ0n) is 17.8. The maximum absolute atomic E-state index is 13.3. The van der Waals surface area contributed by atoms with Gasteiger partial charge in [-0.15, -0.1) is 0 Å². The van der Waals surface area contributed by atoms with Crippen LogP contribution in [0.2, 0.25) is 0 Å². The van der Waals surface area contributed by atoms with Crippen molar-refractivity contribution in [3.63, 3.8) is 0 Å². The number of aromatic nitrogens is 1. The molecule has 0 bridgehead atoms. The van der Waals surface area contributed by atoms with Gasteiger partial charge in [-0.25, -0.2) is 9.37 Å². The van der Waals surface area contributed by atoms with Crippen LogP contribution in [0.4, 0.5) is 21.6 Å². The number of carbonyl (C=O) groups excluding carboxylic acids is 1. The minimum Gasteiger partial charge on any atom is -0.378 e. The molecule has 30 heavy (non-hydrogen) atoms. The molecule has 1 aromatic carbocycles. The SMILES string of the molecule is CC[C@H]1[C@H](C)[C@@H](Nc2ccc(F)cn2)c2cc(N3CCOCC3)ccc2N1C(C)=O. The van der Waals surface area contributed by atoms with Crippen molar-refractivity contribution >= 4 is 23.1 Å². The van der Waals surface area contributed by atoms with Crippen LogP contribution >= 0.6 is 0 Å². The van der Waals surface area contributed by atoms with E-state index in [1.54, 1.807) is 13.0 Å². The number of carbonyl (C=O) groups is 1. The Labute approximate surface area is 177 Å². The number of benzene rings is 1. The molecule has 2 aliphatic heterocycles. The highest BCUT2D eigenvalue weighted by Gasteiger charge is 2.40. The Balaban J connectivity index is 1.77. The van der Waals surface area contributed by atoms with Gasteiger partial charge in [0.1, 0.15) is 11.6 Å². The van der Waals surface area contributed by atoms with Crippen LogP contribution < -0.4 is 15.1 Å². The molecular formula is C23H29FN4O2. The van der Waals surface area contributed by atoms with Crippen molar-refractivity contribution < 1.29 is 13.9 Å².